The summed E-state index contributed by atoms with van der Waals surface area (Å²) in [5.41, 5.74) is 0. The van der Waals surface area contributed by atoms with Crippen LogP contribution in [0.25, 0.3) is 0 Å². The van der Waals surface area contributed by atoms with Crippen LogP contribution in [0.5, 0.6) is 0 Å². The van der Waals surface area contributed by atoms with Gasteiger partial charge in [0.2, 0.25) is 0 Å². The van der Waals surface area contributed by atoms with Crippen LogP contribution in [-0.4, -0.2) is 39.6 Å². The number of piperidine rings is 1. The van der Waals surface area contributed by atoms with E-state index in [2.05, 4.69) is 23.7 Å². The number of carbonyl (C=O) groups is 1. The minimum atomic E-state index is -0.738. The van der Waals surface area contributed by atoms with E-state index in [1.807, 2.05) is 6.20 Å². The highest BCUT2D eigenvalue weighted by Crippen LogP contribution is 2.25. The number of aromatic nitrogens is 1. The van der Waals surface area contributed by atoms with Crippen molar-refractivity contribution < 1.29 is 9.90 Å². The molecule has 0 spiro atoms. The fourth-order valence-corrected chi connectivity index (χ4v) is 3.90. The Kier molecular flexibility index (Phi) is 5.54. The van der Waals surface area contributed by atoms with Gasteiger partial charge in [0.1, 0.15) is 0 Å². The number of hydrogen-bond acceptors (Lipinski definition) is 4. The van der Waals surface area contributed by atoms with Gasteiger partial charge in [-0.2, -0.15) is 0 Å². The molecule has 2 heterocycles. The molecule has 1 N–H and O–H groups in total. The van der Waals surface area contributed by atoms with E-state index < -0.39 is 5.97 Å². The molecule has 1 fully saturated rings. The molecule has 0 aliphatic carbocycles. The molecule has 1 atom stereocenters. The highest BCUT2D eigenvalue weighted by Gasteiger charge is 2.25. The van der Waals surface area contributed by atoms with Crippen LogP contribution in [-0.2, 0) is 17.6 Å². The summed E-state index contributed by atoms with van der Waals surface area (Å²) in [5.74, 6) is -0.738. The number of carboxylic acid groups (broad SMARTS) is 1. The molecule has 1 aromatic rings. The van der Waals surface area contributed by atoms with Crippen LogP contribution in [0.3, 0.4) is 0 Å². The lowest BCUT2D eigenvalue weighted by molar-refractivity contribution is -0.136. The van der Waals surface area contributed by atoms with E-state index in [1.54, 1.807) is 11.3 Å². The van der Waals surface area contributed by atoms with Gasteiger partial charge in [0, 0.05) is 29.6 Å². The summed E-state index contributed by atoms with van der Waals surface area (Å²) in [7, 11) is 0. The summed E-state index contributed by atoms with van der Waals surface area (Å²) in [6, 6.07) is 1.19. The minimum Gasteiger partial charge on any atom is -0.481 e. The third-order valence-electron chi connectivity index (χ3n) is 3.93. The maximum Gasteiger partial charge on any atom is 0.303 e. The average molecular weight is 296 g/mol. The van der Waals surface area contributed by atoms with Crippen molar-refractivity contribution in [1.82, 2.24) is 9.88 Å². The van der Waals surface area contributed by atoms with Crippen molar-refractivity contribution in [2.45, 2.75) is 64.5 Å². The number of aryl methyl sites for hydroxylation is 1. The van der Waals surface area contributed by atoms with Crippen molar-refractivity contribution in [2.75, 3.05) is 6.54 Å². The molecule has 112 valence electrons. The third-order valence-corrected chi connectivity index (χ3v) is 5.01. The van der Waals surface area contributed by atoms with Crippen LogP contribution in [0, 0.1) is 0 Å². The standard InChI is InChI=1S/C15H24N2O2S/c1-11(2)17-8-4-3-5-12(17)9-14-16-10-13(20-14)6-7-15(18)19/h10-12H,3-9H2,1-2H3,(H,18,19). The predicted octanol–water partition coefficient (Wildman–Crippen LogP) is 2.97. The monoisotopic (exact) mass is 296 g/mol. The van der Waals surface area contributed by atoms with Crippen LogP contribution >= 0.6 is 11.3 Å². The number of likely N-dealkylation sites (tertiary alicyclic amines) is 1. The molecule has 5 heteroatoms. The van der Waals surface area contributed by atoms with Crippen molar-refractivity contribution in [1.29, 1.82) is 0 Å². The molecule has 1 aliphatic rings. The molecule has 2 rings (SSSR count). The Morgan fingerprint density at radius 2 is 2.35 bits per heavy atom. The Balaban J connectivity index is 1.93. The molecule has 0 aromatic carbocycles. The summed E-state index contributed by atoms with van der Waals surface area (Å²) < 4.78 is 0. The van der Waals surface area contributed by atoms with E-state index in [0.29, 0.717) is 18.5 Å². The van der Waals surface area contributed by atoms with E-state index in [1.165, 1.54) is 25.8 Å². The molecule has 0 radical (unpaired) electrons. The summed E-state index contributed by atoms with van der Waals surface area (Å²) in [4.78, 5) is 18.7. The highest BCUT2D eigenvalue weighted by molar-refractivity contribution is 7.11. The quantitative estimate of drug-likeness (QED) is 0.877. The average Bonchev–Trinajstić information content (AvgIpc) is 2.84. The fraction of sp³-hybridized carbons (Fsp3) is 0.733. The Hall–Kier alpha value is -0.940. The van der Waals surface area contributed by atoms with Crippen molar-refractivity contribution in [3.8, 4) is 0 Å². The first-order valence-corrected chi connectivity index (χ1v) is 8.29. The first-order valence-electron chi connectivity index (χ1n) is 7.47. The van der Waals surface area contributed by atoms with Gasteiger partial charge in [-0.25, -0.2) is 4.98 Å². The molecule has 0 bridgehead atoms. The van der Waals surface area contributed by atoms with E-state index >= 15 is 0 Å². The molecule has 1 saturated heterocycles. The summed E-state index contributed by atoms with van der Waals surface area (Å²) >= 11 is 1.68. The smallest absolute Gasteiger partial charge is 0.303 e. The van der Waals surface area contributed by atoms with E-state index in [-0.39, 0.29) is 6.42 Å². The number of thiazole rings is 1. The van der Waals surface area contributed by atoms with E-state index in [4.69, 9.17) is 5.11 Å². The molecule has 20 heavy (non-hydrogen) atoms. The second-order valence-electron chi connectivity index (χ2n) is 5.80. The van der Waals surface area contributed by atoms with Crippen LogP contribution in [0.2, 0.25) is 0 Å². The maximum absolute atomic E-state index is 10.6. The maximum atomic E-state index is 10.6. The third kappa shape index (κ3) is 4.28. The van der Waals surface area contributed by atoms with Crippen molar-refractivity contribution in [3.05, 3.63) is 16.1 Å². The van der Waals surface area contributed by atoms with Gasteiger partial charge in [-0.3, -0.25) is 9.69 Å². The van der Waals surface area contributed by atoms with Crippen LogP contribution in [0.4, 0.5) is 0 Å². The van der Waals surface area contributed by atoms with Gasteiger partial charge < -0.3 is 5.11 Å². The van der Waals surface area contributed by atoms with Crippen molar-refractivity contribution in [2.24, 2.45) is 0 Å². The van der Waals surface area contributed by atoms with E-state index in [9.17, 15) is 4.79 Å². The first-order chi connectivity index (χ1) is 9.56. The van der Waals surface area contributed by atoms with Gasteiger partial charge in [0.05, 0.1) is 11.4 Å². The normalized spacial score (nSPS) is 20.4. The Bertz CT molecular complexity index is 445. The van der Waals surface area contributed by atoms with Gasteiger partial charge in [-0.15, -0.1) is 11.3 Å². The Morgan fingerprint density at radius 1 is 1.55 bits per heavy atom. The Labute approximate surface area is 124 Å². The second kappa shape index (κ2) is 7.18. The summed E-state index contributed by atoms with van der Waals surface area (Å²) in [6.07, 6.45) is 7.53. The van der Waals surface area contributed by atoms with Crippen LogP contribution in [0.15, 0.2) is 6.20 Å². The predicted molar refractivity (Wildman–Crippen MR) is 81.3 cm³/mol. The molecule has 1 aromatic heterocycles. The first kappa shape index (κ1) is 15.4. The van der Waals surface area contributed by atoms with Gasteiger partial charge >= 0.3 is 5.97 Å². The SMILES string of the molecule is CC(C)N1CCCCC1Cc1ncc(CCC(=O)O)s1. The second-order valence-corrected chi connectivity index (χ2v) is 7.00. The largest absolute Gasteiger partial charge is 0.481 e. The topological polar surface area (TPSA) is 53.4 Å². The molecule has 1 unspecified atom stereocenters. The Morgan fingerprint density at radius 3 is 3.05 bits per heavy atom. The molecular weight excluding hydrogens is 272 g/mol. The lowest BCUT2D eigenvalue weighted by Crippen LogP contribution is -2.44. The number of carboxylic acids is 1. The zero-order valence-electron chi connectivity index (χ0n) is 12.3. The number of hydrogen-bond donors (Lipinski definition) is 1. The lowest BCUT2D eigenvalue weighted by Gasteiger charge is -2.38. The molecular formula is C15H24N2O2S. The van der Waals surface area contributed by atoms with Crippen LogP contribution < -0.4 is 0 Å². The zero-order chi connectivity index (χ0) is 14.5. The van der Waals surface area contributed by atoms with Gasteiger partial charge in [-0.1, -0.05) is 6.42 Å². The number of aliphatic carboxylic acids is 1. The van der Waals surface area contributed by atoms with Crippen molar-refractivity contribution >= 4 is 17.3 Å². The molecule has 4 nitrogen and oxygen atoms in total. The zero-order valence-corrected chi connectivity index (χ0v) is 13.2. The molecule has 1 aliphatic heterocycles. The number of nitrogens with zero attached hydrogens (tertiary/aromatic N) is 2. The summed E-state index contributed by atoms with van der Waals surface area (Å²) in [6.45, 7) is 5.72. The summed E-state index contributed by atoms with van der Waals surface area (Å²) in [5, 5.41) is 9.87. The van der Waals surface area contributed by atoms with Gasteiger partial charge in [-0.05, 0) is 39.7 Å². The molecule has 0 saturated carbocycles. The number of rotatable bonds is 6. The minimum absolute atomic E-state index is 0.198. The van der Waals surface area contributed by atoms with Gasteiger partial charge in [0.25, 0.3) is 0 Å². The van der Waals surface area contributed by atoms with Crippen LogP contribution in [0.1, 0.15) is 49.4 Å². The fourth-order valence-electron chi connectivity index (χ4n) is 2.91. The highest BCUT2D eigenvalue weighted by atomic mass is 32.1. The lowest BCUT2D eigenvalue weighted by atomic mass is 9.98. The van der Waals surface area contributed by atoms with Crippen molar-refractivity contribution in [3.63, 3.8) is 0 Å². The van der Waals surface area contributed by atoms with E-state index in [0.717, 1.165) is 16.3 Å². The molecule has 0 amide bonds. The van der Waals surface area contributed by atoms with Gasteiger partial charge in [0.15, 0.2) is 0 Å².